The second-order valence-corrected chi connectivity index (χ2v) is 18.6. The fraction of sp³-hybridized carbons (Fsp3) is 0.254. The molecule has 1 saturated carbocycles. The highest BCUT2D eigenvalue weighted by molar-refractivity contribution is 6.13. The molecule has 1 unspecified atom stereocenters. The third-order valence-corrected chi connectivity index (χ3v) is 13.9. The van der Waals surface area contributed by atoms with Gasteiger partial charge in [0, 0.05) is 48.0 Å². The van der Waals surface area contributed by atoms with Gasteiger partial charge < -0.3 is 9.15 Å². The molecule has 3 aromatic heterocycles. The number of pyridine rings is 2. The molecule has 4 nitrogen and oxygen atoms in total. The van der Waals surface area contributed by atoms with Crippen LogP contribution in [-0.2, 0) is 0 Å². The fourth-order valence-corrected chi connectivity index (χ4v) is 9.27. The maximum atomic E-state index is 9.74. The Morgan fingerprint density at radius 3 is 2.14 bits per heavy atom. The first-order valence-electron chi connectivity index (χ1n) is 26.6. The van der Waals surface area contributed by atoms with Crippen molar-refractivity contribution in [3.05, 3.63) is 167 Å². The quantitative estimate of drug-likeness (QED) is 0.160. The SMILES string of the molecule is [2H]C([2H])([2H])c1cnc(-c2cc(Oc3cc(-c4cc(-c5ccc(C6([2H])CCC(C)(C)C(C)(C)C6)cc5C)c(C)cn4)c4oc5cc6ccccc6cc5c4c3)c(C([2H])([2H])[2H])c(-c3ccccc3)c2)cc1C([2H])([2H])[2H]. The standard InChI is InChI=1S/C59H56N2O2/c1-35-24-53(60-33-37(35)3)45-26-49(40-15-11-10-12-16-40)39(5)55(28-45)62-46-29-51-50-25-41-17-13-14-18-42(41)27-56(50)63-57(51)52(30-46)54-31-48(38(4)34-61-54)47-20-19-43(23-36(47)2)44-21-22-58(6,7)59(8,9)32-44/h10-20,23-31,33-34,44H,21-22,32H2,1-9H3/i1D3,3D3,5D3,44D. The van der Waals surface area contributed by atoms with E-state index in [1.807, 2.05) is 61.7 Å². The number of nitrogens with zero attached hydrogens (tertiary/aromatic N) is 2. The molecule has 0 spiro atoms. The smallest absolute Gasteiger partial charge is 0.145 e. The normalized spacial score (nSPS) is 20.0. The zero-order valence-electron chi connectivity index (χ0n) is 46.5. The van der Waals surface area contributed by atoms with Gasteiger partial charge in [0.1, 0.15) is 22.7 Å². The lowest BCUT2D eigenvalue weighted by Gasteiger charge is -2.49. The number of fused-ring (bicyclic) bond motifs is 4. The van der Waals surface area contributed by atoms with Gasteiger partial charge in [0.25, 0.3) is 0 Å². The minimum absolute atomic E-state index is 0.0116. The number of hydrogen-bond donors (Lipinski definition) is 0. The van der Waals surface area contributed by atoms with Crippen molar-refractivity contribution in [2.24, 2.45) is 10.8 Å². The van der Waals surface area contributed by atoms with Crippen molar-refractivity contribution in [1.82, 2.24) is 9.97 Å². The molecule has 9 aromatic rings. The first-order chi connectivity index (χ1) is 34.2. The van der Waals surface area contributed by atoms with Crippen molar-refractivity contribution in [1.29, 1.82) is 0 Å². The molecule has 1 aliphatic rings. The monoisotopic (exact) mass is 834 g/mol. The Balaban J connectivity index is 1.17. The van der Waals surface area contributed by atoms with E-state index in [0.717, 1.165) is 69.4 Å². The van der Waals surface area contributed by atoms with Gasteiger partial charge in [-0.25, -0.2) is 0 Å². The number of furan rings is 1. The number of aromatic nitrogens is 2. The summed E-state index contributed by atoms with van der Waals surface area (Å²) >= 11 is 0. The molecule has 1 fully saturated rings. The van der Waals surface area contributed by atoms with Crippen LogP contribution < -0.4 is 4.74 Å². The molecule has 1 atom stereocenters. The molecule has 6 aromatic carbocycles. The Labute approximate surface area is 386 Å². The van der Waals surface area contributed by atoms with Gasteiger partial charge in [-0.15, -0.1) is 0 Å². The van der Waals surface area contributed by atoms with E-state index in [0.29, 0.717) is 44.5 Å². The molecule has 3 heterocycles. The van der Waals surface area contributed by atoms with Gasteiger partial charge >= 0.3 is 0 Å². The van der Waals surface area contributed by atoms with Gasteiger partial charge in [0.2, 0.25) is 0 Å². The van der Waals surface area contributed by atoms with E-state index in [-0.39, 0.29) is 39.1 Å². The van der Waals surface area contributed by atoms with Crippen molar-refractivity contribution in [3.8, 4) is 56.3 Å². The Hall–Kier alpha value is -6.52. The lowest BCUT2D eigenvalue weighted by Crippen LogP contribution is -2.38. The second-order valence-electron chi connectivity index (χ2n) is 18.6. The predicted octanol–water partition coefficient (Wildman–Crippen LogP) is 16.9. The van der Waals surface area contributed by atoms with Gasteiger partial charge in [-0.1, -0.05) is 100 Å². The van der Waals surface area contributed by atoms with Crippen LogP contribution in [0.1, 0.15) is 99.9 Å². The molecule has 0 saturated heterocycles. The number of ether oxygens (including phenoxy) is 1. The maximum Gasteiger partial charge on any atom is 0.145 e. The highest BCUT2D eigenvalue weighted by Crippen LogP contribution is 2.54. The molecule has 1 aliphatic carbocycles. The number of hydrogen-bond acceptors (Lipinski definition) is 4. The topological polar surface area (TPSA) is 48.2 Å². The number of benzene rings is 6. The first kappa shape index (κ1) is 30.5. The third-order valence-electron chi connectivity index (χ3n) is 13.9. The summed E-state index contributed by atoms with van der Waals surface area (Å²) in [5, 5.41) is 3.50. The lowest BCUT2D eigenvalue weighted by molar-refractivity contribution is 0.0398. The van der Waals surface area contributed by atoms with E-state index < -0.39 is 32.0 Å². The summed E-state index contributed by atoms with van der Waals surface area (Å²) in [6.07, 6.45) is 5.42. The van der Waals surface area contributed by atoms with Crippen LogP contribution in [0.5, 0.6) is 11.5 Å². The van der Waals surface area contributed by atoms with Crippen LogP contribution in [0, 0.1) is 45.2 Å². The molecule has 314 valence electrons. The minimum Gasteiger partial charge on any atom is -0.457 e. The lowest BCUT2D eigenvalue weighted by atomic mass is 9.56. The summed E-state index contributed by atoms with van der Waals surface area (Å²) in [5.41, 5.74) is 7.88. The van der Waals surface area contributed by atoms with Crippen LogP contribution in [0.4, 0.5) is 0 Å². The zero-order chi connectivity index (χ0) is 52.2. The molecular formula is C59H56N2O2. The number of aryl methyl sites for hydroxylation is 4. The van der Waals surface area contributed by atoms with Crippen molar-refractivity contribution in [2.75, 3.05) is 0 Å². The summed E-state index contributed by atoms with van der Waals surface area (Å²) in [4.78, 5) is 9.47. The Bertz CT molecular complexity index is 3650. The van der Waals surface area contributed by atoms with Crippen molar-refractivity contribution in [2.45, 2.75) is 87.3 Å². The molecule has 0 N–H and O–H groups in total. The summed E-state index contributed by atoms with van der Waals surface area (Å²) in [7, 11) is 0. The Kier molecular flexibility index (Phi) is 7.45. The van der Waals surface area contributed by atoms with Crippen LogP contribution in [0.25, 0.3) is 77.5 Å². The summed E-state index contributed by atoms with van der Waals surface area (Å²) in [5.74, 6) is -0.471. The highest BCUT2D eigenvalue weighted by Gasteiger charge is 2.42. The largest absolute Gasteiger partial charge is 0.457 e. The summed E-state index contributed by atoms with van der Waals surface area (Å²) < 4.78 is 99.3. The third kappa shape index (κ3) is 7.30. The molecule has 0 aliphatic heterocycles. The molecule has 0 amide bonds. The molecule has 63 heavy (non-hydrogen) atoms. The van der Waals surface area contributed by atoms with E-state index in [1.165, 1.54) is 12.1 Å². The average Bonchev–Trinajstić information content (AvgIpc) is 3.68. The van der Waals surface area contributed by atoms with Crippen molar-refractivity contribution < 1.29 is 22.9 Å². The van der Waals surface area contributed by atoms with Gasteiger partial charge in [0.05, 0.1) is 11.4 Å². The van der Waals surface area contributed by atoms with Gasteiger partial charge in [-0.3, -0.25) is 9.97 Å². The summed E-state index contributed by atoms with van der Waals surface area (Å²) in [6.45, 7) is 5.04. The Morgan fingerprint density at radius 1 is 0.619 bits per heavy atom. The van der Waals surface area contributed by atoms with E-state index in [1.54, 1.807) is 36.4 Å². The van der Waals surface area contributed by atoms with Crippen LogP contribution in [-0.4, -0.2) is 9.97 Å². The highest BCUT2D eigenvalue weighted by atomic mass is 16.5. The van der Waals surface area contributed by atoms with Crippen LogP contribution in [0.2, 0.25) is 0 Å². The first-order valence-corrected chi connectivity index (χ1v) is 21.6. The van der Waals surface area contributed by atoms with Gasteiger partial charge in [-0.2, -0.15) is 0 Å². The van der Waals surface area contributed by atoms with Crippen LogP contribution >= 0.6 is 0 Å². The van der Waals surface area contributed by atoms with E-state index in [4.69, 9.17) is 26.5 Å². The van der Waals surface area contributed by atoms with Crippen LogP contribution in [0.15, 0.2) is 138 Å². The minimum atomic E-state index is -2.80. The van der Waals surface area contributed by atoms with E-state index >= 15 is 0 Å². The molecular weight excluding hydrogens is 769 g/mol. The van der Waals surface area contributed by atoms with Crippen LogP contribution in [0.3, 0.4) is 0 Å². The van der Waals surface area contributed by atoms with E-state index in [2.05, 4.69) is 63.9 Å². The molecule has 0 bridgehead atoms. The maximum absolute atomic E-state index is 9.74. The average molecular weight is 835 g/mol. The molecule has 10 rings (SSSR count). The van der Waals surface area contributed by atoms with Crippen molar-refractivity contribution in [3.63, 3.8) is 0 Å². The second kappa shape index (κ2) is 15.4. The number of rotatable bonds is 7. The molecule has 0 radical (unpaired) electrons. The molecule has 4 heteroatoms. The predicted molar refractivity (Wildman–Crippen MR) is 263 cm³/mol. The summed E-state index contributed by atoms with van der Waals surface area (Å²) in [6, 6.07) is 37.5. The van der Waals surface area contributed by atoms with E-state index in [9.17, 15) is 1.37 Å². The fourth-order valence-electron chi connectivity index (χ4n) is 9.27. The van der Waals surface area contributed by atoms with Gasteiger partial charge in [0.15, 0.2) is 0 Å². The van der Waals surface area contributed by atoms with Gasteiger partial charge in [-0.05, 0) is 185 Å². The Morgan fingerprint density at radius 2 is 1.38 bits per heavy atom. The zero-order valence-corrected chi connectivity index (χ0v) is 36.5. The van der Waals surface area contributed by atoms with Crippen molar-refractivity contribution >= 4 is 32.7 Å².